The Morgan fingerprint density at radius 1 is 1.55 bits per heavy atom. The lowest BCUT2D eigenvalue weighted by Gasteiger charge is -2.26. The third kappa shape index (κ3) is 3.35. The van der Waals surface area contributed by atoms with E-state index in [-0.39, 0.29) is 5.56 Å². The lowest BCUT2D eigenvalue weighted by atomic mass is 10.1. The molecule has 0 radical (unpaired) electrons. The number of benzene rings is 1. The summed E-state index contributed by atoms with van der Waals surface area (Å²) in [5.41, 5.74) is 0.182. The third-order valence-electron chi connectivity index (χ3n) is 3.94. The summed E-state index contributed by atoms with van der Waals surface area (Å²) in [6.07, 6.45) is 2.37. The van der Waals surface area contributed by atoms with Gasteiger partial charge < -0.3 is 14.9 Å². The minimum absolute atomic E-state index is 0.256. The first-order chi connectivity index (χ1) is 9.49. The second kappa shape index (κ2) is 6.33. The summed E-state index contributed by atoms with van der Waals surface area (Å²) >= 11 is 0. The summed E-state index contributed by atoms with van der Waals surface area (Å²) in [6, 6.07) is 5.05. The van der Waals surface area contributed by atoms with Gasteiger partial charge in [-0.3, -0.25) is 0 Å². The fourth-order valence-electron chi connectivity index (χ4n) is 2.79. The summed E-state index contributed by atoms with van der Waals surface area (Å²) in [7, 11) is 4.05. The van der Waals surface area contributed by atoms with Crippen LogP contribution in [0.25, 0.3) is 0 Å². The van der Waals surface area contributed by atoms with E-state index in [4.69, 9.17) is 5.11 Å². The van der Waals surface area contributed by atoms with Gasteiger partial charge in [-0.15, -0.1) is 0 Å². The zero-order valence-electron chi connectivity index (χ0n) is 12.0. The SMILES string of the molecule is CN(Cc1cccc(C(=O)O)c1F)CC1CCCN1C. The molecule has 0 saturated carbocycles. The molecule has 1 aromatic rings. The van der Waals surface area contributed by atoms with E-state index in [2.05, 4.69) is 16.8 Å². The van der Waals surface area contributed by atoms with Gasteiger partial charge in [0.05, 0.1) is 5.56 Å². The number of aromatic carboxylic acids is 1. The van der Waals surface area contributed by atoms with Crippen LogP contribution in [0.1, 0.15) is 28.8 Å². The molecular formula is C15H21FN2O2. The standard InChI is InChI=1S/C15H21FN2O2/c1-17(10-12-6-4-8-18(12)2)9-11-5-3-7-13(14(11)16)15(19)20/h3,5,7,12H,4,6,8-10H2,1-2H3,(H,19,20). The molecule has 1 aliphatic heterocycles. The number of carboxylic acid groups (broad SMARTS) is 1. The molecule has 0 aliphatic carbocycles. The van der Waals surface area contributed by atoms with Crippen LogP contribution in [-0.2, 0) is 6.54 Å². The molecule has 0 amide bonds. The molecule has 0 bridgehead atoms. The highest BCUT2D eigenvalue weighted by molar-refractivity contribution is 5.88. The number of likely N-dealkylation sites (tertiary alicyclic amines) is 1. The van der Waals surface area contributed by atoms with Gasteiger partial charge in [-0.1, -0.05) is 12.1 Å². The van der Waals surface area contributed by atoms with Gasteiger partial charge >= 0.3 is 5.97 Å². The van der Waals surface area contributed by atoms with Crippen LogP contribution in [0, 0.1) is 5.82 Å². The fraction of sp³-hybridized carbons (Fsp3) is 0.533. The predicted molar refractivity (Wildman–Crippen MR) is 75.3 cm³/mol. The number of likely N-dealkylation sites (N-methyl/N-ethyl adjacent to an activating group) is 2. The van der Waals surface area contributed by atoms with Crippen molar-refractivity contribution in [2.24, 2.45) is 0 Å². The van der Waals surface area contributed by atoms with Gasteiger partial charge in [-0.05, 0) is 39.5 Å². The van der Waals surface area contributed by atoms with Crippen molar-refractivity contribution >= 4 is 5.97 Å². The topological polar surface area (TPSA) is 43.8 Å². The van der Waals surface area contributed by atoms with Gasteiger partial charge in [0.15, 0.2) is 0 Å². The maximum atomic E-state index is 14.1. The Labute approximate surface area is 118 Å². The van der Waals surface area contributed by atoms with Crippen LogP contribution in [0.4, 0.5) is 4.39 Å². The molecule has 0 aromatic heterocycles. The maximum Gasteiger partial charge on any atom is 0.338 e. The lowest BCUT2D eigenvalue weighted by Crippen LogP contribution is -2.36. The van der Waals surface area contributed by atoms with Crippen molar-refractivity contribution in [3.8, 4) is 0 Å². The van der Waals surface area contributed by atoms with Crippen LogP contribution in [0.5, 0.6) is 0 Å². The van der Waals surface area contributed by atoms with E-state index >= 15 is 0 Å². The molecule has 1 aliphatic rings. The number of hydrogen-bond acceptors (Lipinski definition) is 3. The highest BCUT2D eigenvalue weighted by Crippen LogP contribution is 2.18. The minimum atomic E-state index is -1.22. The molecule has 1 atom stereocenters. The zero-order chi connectivity index (χ0) is 14.7. The number of nitrogens with zero attached hydrogens (tertiary/aromatic N) is 2. The molecule has 1 N–H and O–H groups in total. The third-order valence-corrected chi connectivity index (χ3v) is 3.94. The molecule has 20 heavy (non-hydrogen) atoms. The molecule has 1 saturated heterocycles. The van der Waals surface area contributed by atoms with E-state index in [0.717, 1.165) is 13.1 Å². The van der Waals surface area contributed by atoms with Crippen LogP contribution in [0.15, 0.2) is 18.2 Å². The molecule has 4 nitrogen and oxygen atoms in total. The van der Waals surface area contributed by atoms with E-state index in [9.17, 15) is 9.18 Å². The van der Waals surface area contributed by atoms with Crippen LogP contribution >= 0.6 is 0 Å². The largest absolute Gasteiger partial charge is 0.478 e. The molecule has 0 spiro atoms. The van der Waals surface area contributed by atoms with E-state index in [1.807, 2.05) is 7.05 Å². The van der Waals surface area contributed by atoms with Gasteiger partial charge in [-0.2, -0.15) is 0 Å². The summed E-state index contributed by atoms with van der Waals surface area (Å²) in [5, 5.41) is 8.93. The Morgan fingerprint density at radius 3 is 2.90 bits per heavy atom. The quantitative estimate of drug-likeness (QED) is 0.896. The Balaban J connectivity index is 2.02. The van der Waals surface area contributed by atoms with Crippen LogP contribution in [-0.4, -0.2) is 54.1 Å². The number of hydrogen-bond donors (Lipinski definition) is 1. The van der Waals surface area contributed by atoms with E-state index in [0.29, 0.717) is 18.2 Å². The highest BCUT2D eigenvalue weighted by atomic mass is 19.1. The monoisotopic (exact) mass is 280 g/mol. The van der Waals surface area contributed by atoms with Crippen molar-refractivity contribution < 1.29 is 14.3 Å². The number of rotatable bonds is 5. The fourth-order valence-corrected chi connectivity index (χ4v) is 2.79. The lowest BCUT2D eigenvalue weighted by molar-refractivity contribution is 0.0691. The molecule has 2 rings (SSSR count). The molecule has 1 fully saturated rings. The van der Waals surface area contributed by atoms with E-state index in [1.54, 1.807) is 12.1 Å². The molecule has 1 heterocycles. The molecule has 110 valence electrons. The van der Waals surface area contributed by atoms with Crippen LogP contribution in [0.2, 0.25) is 0 Å². The second-order valence-electron chi connectivity index (χ2n) is 5.56. The average Bonchev–Trinajstić information content (AvgIpc) is 2.77. The van der Waals surface area contributed by atoms with Crippen molar-refractivity contribution in [3.05, 3.63) is 35.1 Å². The summed E-state index contributed by atoms with van der Waals surface area (Å²) in [5.74, 6) is -1.84. The normalized spacial score (nSPS) is 19.7. The van der Waals surface area contributed by atoms with Crippen molar-refractivity contribution in [1.82, 2.24) is 9.80 Å². The van der Waals surface area contributed by atoms with Crippen molar-refractivity contribution in [2.45, 2.75) is 25.4 Å². The smallest absolute Gasteiger partial charge is 0.338 e. The number of carbonyl (C=O) groups is 1. The Morgan fingerprint density at radius 2 is 2.30 bits per heavy atom. The van der Waals surface area contributed by atoms with Crippen molar-refractivity contribution in [3.63, 3.8) is 0 Å². The summed E-state index contributed by atoms with van der Waals surface area (Å²) in [6.45, 7) is 2.41. The maximum absolute atomic E-state index is 14.1. The van der Waals surface area contributed by atoms with E-state index < -0.39 is 11.8 Å². The van der Waals surface area contributed by atoms with Crippen LogP contribution in [0.3, 0.4) is 0 Å². The first-order valence-corrected chi connectivity index (χ1v) is 6.88. The molecule has 5 heteroatoms. The highest BCUT2D eigenvalue weighted by Gasteiger charge is 2.22. The first-order valence-electron chi connectivity index (χ1n) is 6.88. The summed E-state index contributed by atoms with van der Waals surface area (Å²) < 4.78 is 14.1. The van der Waals surface area contributed by atoms with Gasteiger partial charge in [0.1, 0.15) is 5.82 Å². The van der Waals surface area contributed by atoms with E-state index in [1.165, 1.54) is 18.9 Å². The second-order valence-corrected chi connectivity index (χ2v) is 5.56. The Hall–Kier alpha value is -1.46. The van der Waals surface area contributed by atoms with Crippen LogP contribution < -0.4 is 0 Å². The number of halogens is 1. The zero-order valence-corrected chi connectivity index (χ0v) is 12.0. The Kier molecular flexibility index (Phi) is 4.73. The molecule has 1 unspecified atom stereocenters. The Bertz CT molecular complexity index is 493. The van der Waals surface area contributed by atoms with Gasteiger partial charge in [0.2, 0.25) is 0 Å². The average molecular weight is 280 g/mol. The summed E-state index contributed by atoms with van der Waals surface area (Å²) in [4.78, 5) is 15.3. The van der Waals surface area contributed by atoms with Gasteiger partial charge in [-0.25, -0.2) is 9.18 Å². The van der Waals surface area contributed by atoms with Crippen molar-refractivity contribution in [2.75, 3.05) is 27.2 Å². The first kappa shape index (κ1) is 14.9. The van der Waals surface area contributed by atoms with Crippen molar-refractivity contribution in [1.29, 1.82) is 0 Å². The van der Waals surface area contributed by atoms with Gasteiger partial charge in [0.25, 0.3) is 0 Å². The molecule has 1 aromatic carbocycles. The number of carboxylic acids is 1. The molecular weight excluding hydrogens is 259 g/mol. The predicted octanol–water partition coefficient (Wildman–Crippen LogP) is 2.05. The van der Waals surface area contributed by atoms with Gasteiger partial charge in [0, 0.05) is 24.7 Å². The minimum Gasteiger partial charge on any atom is -0.478 e.